The van der Waals surface area contributed by atoms with Crippen molar-refractivity contribution in [3.63, 3.8) is 0 Å². The highest BCUT2D eigenvalue weighted by atomic mass is 19.1. The Labute approximate surface area is 153 Å². The zero-order valence-electron chi connectivity index (χ0n) is 15.2. The summed E-state index contributed by atoms with van der Waals surface area (Å²) >= 11 is 0. The van der Waals surface area contributed by atoms with Crippen molar-refractivity contribution >= 4 is 11.7 Å². The molecule has 0 unspecified atom stereocenters. The first-order valence-electron chi connectivity index (χ1n) is 8.46. The molecule has 0 radical (unpaired) electrons. The number of benzene rings is 2. The van der Waals surface area contributed by atoms with Crippen molar-refractivity contribution in [3.05, 3.63) is 67.0 Å². The molecule has 0 aliphatic heterocycles. The second kappa shape index (κ2) is 7.44. The van der Waals surface area contributed by atoms with Gasteiger partial charge in [0.05, 0.1) is 12.7 Å². The third-order valence-corrected chi connectivity index (χ3v) is 4.36. The van der Waals surface area contributed by atoms with Gasteiger partial charge in [-0.3, -0.25) is 0 Å². The zero-order valence-corrected chi connectivity index (χ0v) is 15.2. The maximum atomic E-state index is 14.7. The summed E-state index contributed by atoms with van der Waals surface area (Å²) in [6, 6.07) is 16.5. The highest BCUT2D eigenvalue weighted by Crippen LogP contribution is 2.41. The molecular weight excluding hydrogens is 329 g/mol. The molecule has 0 N–H and O–H groups in total. The molecule has 0 fully saturated rings. The molecule has 134 valence electrons. The minimum Gasteiger partial charge on any atom is -0.481 e. The van der Waals surface area contributed by atoms with Crippen molar-refractivity contribution in [3.8, 4) is 22.4 Å². The zero-order chi connectivity index (χ0) is 18.7. The Morgan fingerprint density at radius 2 is 1.81 bits per heavy atom. The predicted octanol–water partition coefficient (Wildman–Crippen LogP) is 4.89. The van der Waals surface area contributed by atoms with Crippen LogP contribution in [0.25, 0.3) is 28.3 Å². The lowest BCUT2D eigenvalue weighted by Gasteiger charge is -2.21. The standard InChI is InChI=1S/C21H22FN3O/c1-5-24(3)21-19(17-13-9-10-14-18(17)22)20(16-11-7-6-8-12-16)23-25(21)15(2)26-4/h6-14H,2,5H2,1,3-4H3. The number of halogens is 1. The predicted molar refractivity (Wildman–Crippen MR) is 104 cm³/mol. The van der Waals surface area contributed by atoms with E-state index in [9.17, 15) is 4.39 Å². The average Bonchev–Trinajstić information content (AvgIpc) is 3.08. The summed E-state index contributed by atoms with van der Waals surface area (Å²) in [5.41, 5.74) is 2.80. The van der Waals surface area contributed by atoms with Gasteiger partial charge < -0.3 is 9.64 Å². The number of aromatic nitrogens is 2. The maximum absolute atomic E-state index is 14.7. The molecule has 3 aromatic rings. The maximum Gasteiger partial charge on any atom is 0.208 e. The SMILES string of the molecule is C=C(OC)n1nc(-c2ccccc2)c(-c2ccccc2F)c1N(C)CC. The van der Waals surface area contributed by atoms with Gasteiger partial charge in [0.25, 0.3) is 0 Å². The molecule has 5 heteroatoms. The van der Waals surface area contributed by atoms with Crippen LogP contribution in [0.2, 0.25) is 0 Å². The monoisotopic (exact) mass is 351 g/mol. The molecule has 0 saturated carbocycles. The fourth-order valence-corrected chi connectivity index (χ4v) is 2.88. The van der Waals surface area contributed by atoms with Crippen LogP contribution < -0.4 is 4.90 Å². The molecule has 0 spiro atoms. The molecule has 3 rings (SSSR count). The van der Waals surface area contributed by atoms with E-state index >= 15 is 0 Å². The van der Waals surface area contributed by atoms with Crippen molar-refractivity contribution in [2.45, 2.75) is 6.92 Å². The quantitative estimate of drug-likeness (QED) is 0.593. The minimum atomic E-state index is -0.294. The van der Waals surface area contributed by atoms with E-state index < -0.39 is 0 Å². The van der Waals surface area contributed by atoms with Crippen LogP contribution in [0.4, 0.5) is 10.2 Å². The largest absolute Gasteiger partial charge is 0.481 e. The Morgan fingerprint density at radius 3 is 2.42 bits per heavy atom. The summed E-state index contributed by atoms with van der Waals surface area (Å²) in [4.78, 5) is 2.01. The smallest absolute Gasteiger partial charge is 0.208 e. The lowest BCUT2D eigenvalue weighted by atomic mass is 10.00. The normalized spacial score (nSPS) is 10.6. The highest BCUT2D eigenvalue weighted by molar-refractivity contribution is 5.90. The Bertz CT molecular complexity index is 918. The van der Waals surface area contributed by atoms with Gasteiger partial charge >= 0.3 is 0 Å². The van der Waals surface area contributed by atoms with Gasteiger partial charge in [-0.05, 0) is 19.6 Å². The van der Waals surface area contributed by atoms with E-state index in [1.807, 2.05) is 55.3 Å². The summed E-state index contributed by atoms with van der Waals surface area (Å²) in [6.07, 6.45) is 0. The lowest BCUT2D eigenvalue weighted by molar-refractivity contribution is 0.338. The Hall–Kier alpha value is -3.08. The molecule has 26 heavy (non-hydrogen) atoms. The van der Waals surface area contributed by atoms with E-state index in [4.69, 9.17) is 9.84 Å². The fourth-order valence-electron chi connectivity index (χ4n) is 2.88. The Morgan fingerprint density at radius 1 is 1.15 bits per heavy atom. The van der Waals surface area contributed by atoms with Crippen LogP contribution in [-0.4, -0.2) is 30.5 Å². The number of anilines is 1. The molecule has 0 aliphatic rings. The fraction of sp³-hybridized carbons (Fsp3) is 0.190. The molecule has 2 aromatic carbocycles. The minimum absolute atomic E-state index is 0.294. The van der Waals surface area contributed by atoms with Crippen molar-refractivity contribution < 1.29 is 9.13 Å². The highest BCUT2D eigenvalue weighted by Gasteiger charge is 2.26. The van der Waals surface area contributed by atoms with Crippen LogP contribution >= 0.6 is 0 Å². The van der Waals surface area contributed by atoms with E-state index in [1.54, 1.807) is 23.9 Å². The van der Waals surface area contributed by atoms with Crippen molar-refractivity contribution in [2.24, 2.45) is 0 Å². The summed E-state index contributed by atoms with van der Waals surface area (Å²) in [6.45, 7) is 6.69. The Balaban J connectivity index is 2.39. The number of methoxy groups -OCH3 is 1. The first-order chi connectivity index (χ1) is 12.6. The van der Waals surface area contributed by atoms with E-state index in [0.717, 1.165) is 23.5 Å². The van der Waals surface area contributed by atoms with Gasteiger partial charge in [-0.2, -0.15) is 9.78 Å². The molecule has 0 bridgehead atoms. The second-order valence-corrected chi connectivity index (χ2v) is 5.92. The van der Waals surface area contributed by atoms with Crippen LogP contribution in [0.3, 0.4) is 0 Å². The van der Waals surface area contributed by atoms with Crippen LogP contribution in [0.1, 0.15) is 6.92 Å². The van der Waals surface area contributed by atoms with E-state index in [1.165, 1.54) is 6.07 Å². The molecular formula is C21H22FN3O. The average molecular weight is 351 g/mol. The summed E-state index contributed by atoms with van der Waals surface area (Å²) in [7, 11) is 3.49. The number of rotatable bonds is 6. The van der Waals surface area contributed by atoms with Crippen molar-refractivity contribution in [1.29, 1.82) is 0 Å². The molecule has 1 heterocycles. The molecule has 0 atom stereocenters. The third kappa shape index (κ3) is 3.08. The summed E-state index contributed by atoms with van der Waals surface area (Å²) in [5.74, 6) is 0.821. The summed E-state index contributed by atoms with van der Waals surface area (Å²) in [5, 5.41) is 4.72. The van der Waals surface area contributed by atoms with Crippen LogP contribution in [0.15, 0.2) is 61.2 Å². The van der Waals surface area contributed by atoms with Gasteiger partial charge in [0.2, 0.25) is 5.88 Å². The van der Waals surface area contributed by atoms with E-state index in [2.05, 4.69) is 6.58 Å². The number of hydrogen-bond acceptors (Lipinski definition) is 3. The van der Waals surface area contributed by atoms with Crippen LogP contribution in [0, 0.1) is 5.82 Å². The third-order valence-electron chi connectivity index (χ3n) is 4.36. The van der Waals surface area contributed by atoms with Gasteiger partial charge in [0.15, 0.2) is 0 Å². The van der Waals surface area contributed by atoms with Crippen LogP contribution in [-0.2, 0) is 4.74 Å². The molecule has 0 amide bonds. The molecule has 0 saturated heterocycles. The number of ether oxygens (including phenoxy) is 1. The van der Waals surface area contributed by atoms with E-state index in [-0.39, 0.29) is 5.82 Å². The van der Waals surface area contributed by atoms with E-state index in [0.29, 0.717) is 17.1 Å². The Kier molecular flexibility index (Phi) is 5.07. The molecule has 1 aromatic heterocycles. The topological polar surface area (TPSA) is 30.3 Å². The first-order valence-corrected chi connectivity index (χ1v) is 8.46. The second-order valence-electron chi connectivity index (χ2n) is 5.92. The van der Waals surface area contributed by atoms with Crippen LogP contribution in [0.5, 0.6) is 0 Å². The van der Waals surface area contributed by atoms with Gasteiger partial charge in [-0.15, -0.1) is 0 Å². The number of hydrogen-bond donors (Lipinski definition) is 0. The molecule has 4 nitrogen and oxygen atoms in total. The van der Waals surface area contributed by atoms with Gasteiger partial charge in [-0.25, -0.2) is 4.39 Å². The van der Waals surface area contributed by atoms with Gasteiger partial charge in [0.1, 0.15) is 17.3 Å². The van der Waals surface area contributed by atoms with Crippen molar-refractivity contribution in [2.75, 3.05) is 25.6 Å². The first kappa shape index (κ1) is 17.7. The molecule has 0 aliphatic carbocycles. The lowest BCUT2D eigenvalue weighted by Crippen LogP contribution is -2.21. The van der Waals surface area contributed by atoms with Crippen molar-refractivity contribution in [1.82, 2.24) is 9.78 Å². The number of nitrogens with zero attached hydrogens (tertiary/aromatic N) is 3. The van der Waals surface area contributed by atoms with Gasteiger partial charge in [0, 0.05) is 24.7 Å². The summed E-state index contributed by atoms with van der Waals surface area (Å²) < 4.78 is 21.7. The van der Waals surface area contributed by atoms with Gasteiger partial charge in [-0.1, -0.05) is 48.5 Å².